The Bertz CT molecular complexity index is 479. The third-order valence-corrected chi connectivity index (χ3v) is 4.53. The van der Waals surface area contributed by atoms with Crippen LogP contribution in [-0.4, -0.2) is 35.2 Å². The van der Waals surface area contributed by atoms with Gasteiger partial charge in [0.05, 0.1) is 12.0 Å². The van der Waals surface area contributed by atoms with Gasteiger partial charge in [0.1, 0.15) is 5.75 Å². The molecule has 2 rings (SSSR count). The predicted molar refractivity (Wildman–Crippen MR) is 69.2 cm³/mol. The highest BCUT2D eigenvalue weighted by molar-refractivity contribution is 7.89. The molecule has 1 unspecified atom stereocenters. The number of sulfonamides is 1. The molecule has 0 amide bonds. The molecule has 1 aliphatic heterocycles. The number of nitrogens with one attached hydrogen (secondary N) is 2. The Morgan fingerprint density at radius 3 is 2.67 bits per heavy atom. The lowest BCUT2D eigenvalue weighted by Gasteiger charge is -2.11. The van der Waals surface area contributed by atoms with Crippen LogP contribution in [0.2, 0.25) is 0 Å². The predicted octanol–water partition coefficient (Wildman–Crippen LogP) is 0.583. The van der Waals surface area contributed by atoms with Crippen molar-refractivity contribution in [3.63, 3.8) is 0 Å². The van der Waals surface area contributed by atoms with Gasteiger partial charge in [-0.3, -0.25) is 0 Å². The van der Waals surface area contributed by atoms with E-state index in [4.69, 9.17) is 4.74 Å². The second-order valence-electron chi connectivity index (χ2n) is 4.39. The van der Waals surface area contributed by atoms with Gasteiger partial charge in [-0.25, -0.2) is 13.1 Å². The average molecular weight is 270 g/mol. The van der Waals surface area contributed by atoms with Gasteiger partial charge in [-0.15, -0.1) is 0 Å². The van der Waals surface area contributed by atoms with Crippen LogP contribution >= 0.6 is 0 Å². The minimum Gasteiger partial charge on any atom is -0.497 e. The zero-order chi connectivity index (χ0) is 13.0. The highest BCUT2D eigenvalue weighted by atomic mass is 32.2. The first-order valence-corrected chi connectivity index (χ1v) is 7.44. The average Bonchev–Trinajstić information content (AvgIpc) is 2.90. The summed E-state index contributed by atoms with van der Waals surface area (Å²) in [5, 5.41) is 3.21. The molecule has 0 aromatic heterocycles. The summed E-state index contributed by atoms with van der Waals surface area (Å²) in [4.78, 5) is 0.272. The van der Waals surface area contributed by atoms with Gasteiger partial charge in [-0.1, -0.05) is 0 Å². The normalized spacial score (nSPS) is 19.9. The van der Waals surface area contributed by atoms with Crippen LogP contribution in [0.25, 0.3) is 0 Å². The summed E-state index contributed by atoms with van der Waals surface area (Å²) in [5.74, 6) is 1.03. The largest absolute Gasteiger partial charge is 0.497 e. The van der Waals surface area contributed by atoms with Crippen LogP contribution in [0.4, 0.5) is 0 Å². The van der Waals surface area contributed by atoms with Gasteiger partial charge in [0.2, 0.25) is 10.0 Å². The fourth-order valence-corrected chi connectivity index (χ4v) is 3.07. The second kappa shape index (κ2) is 5.69. The summed E-state index contributed by atoms with van der Waals surface area (Å²) in [6.07, 6.45) is 1.02. The molecule has 100 valence electrons. The number of hydrogen-bond acceptors (Lipinski definition) is 4. The summed E-state index contributed by atoms with van der Waals surface area (Å²) < 4.78 is 31.7. The quantitative estimate of drug-likeness (QED) is 0.821. The Labute approximate surface area is 108 Å². The summed E-state index contributed by atoms with van der Waals surface area (Å²) in [5.41, 5.74) is 0. The Morgan fingerprint density at radius 2 is 2.11 bits per heavy atom. The molecule has 0 bridgehead atoms. The van der Waals surface area contributed by atoms with E-state index in [0.717, 1.165) is 19.5 Å². The fourth-order valence-electron chi connectivity index (χ4n) is 1.95. The van der Waals surface area contributed by atoms with Crippen molar-refractivity contribution in [3.8, 4) is 5.75 Å². The van der Waals surface area contributed by atoms with E-state index in [-0.39, 0.29) is 4.90 Å². The molecule has 6 heteroatoms. The van der Waals surface area contributed by atoms with Crippen LogP contribution < -0.4 is 14.8 Å². The Morgan fingerprint density at radius 1 is 1.39 bits per heavy atom. The summed E-state index contributed by atoms with van der Waals surface area (Å²) in [6.45, 7) is 2.33. The van der Waals surface area contributed by atoms with E-state index in [1.54, 1.807) is 31.4 Å². The molecule has 2 N–H and O–H groups in total. The van der Waals surface area contributed by atoms with Gasteiger partial charge in [0.15, 0.2) is 0 Å². The molecular weight excluding hydrogens is 252 g/mol. The van der Waals surface area contributed by atoms with Crippen LogP contribution in [0.1, 0.15) is 6.42 Å². The van der Waals surface area contributed by atoms with Gasteiger partial charge in [0.25, 0.3) is 0 Å². The van der Waals surface area contributed by atoms with E-state index in [1.807, 2.05) is 0 Å². The minimum absolute atomic E-state index is 0.272. The van der Waals surface area contributed by atoms with Crippen LogP contribution in [0.15, 0.2) is 29.2 Å². The van der Waals surface area contributed by atoms with E-state index < -0.39 is 10.0 Å². The van der Waals surface area contributed by atoms with E-state index in [9.17, 15) is 8.42 Å². The van der Waals surface area contributed by atoms with Crippen molar-refractivity contribution in [2.75, 3.05) is 26.7 Å². The first kappa shape index (κ1) is 13.3. The van der Waals surface area contributed by atoms with Crippen molar-refractivity contribution < 1.29 is 13.2 Å². The molecule has 5 nitrogen and oxygen atoms in total. The summed E-state index contributed by atoms with van der Waals surface area (Å²) in [7, 11) is -1.86. The van der Waals surface area contributed by atoms with E-state index in [0.29, 0.717) is 18.2 Å². The number of methoxy groups -OCH3 is 1. The van der Waals surface area contributed by atoms with Gasteiger partial charge in [-0.2, -0.15) is 0 Å². The maximum Gasteiger partial charge on any atom is 0.240 e. The topological polar surface area (TPSA) is 67.4 Å². The molecule has 1 aromatic rings. The van der Waals surface area contributed by atoms with Crippen LogP contribution in [0.3, 0.4) is 0 Å². The fraction of sp³-hybridized carbons (Fsp3) is 0.500. The number of rotatable bonds is 5. The third-order valence-electron chi connectivity index (χ3n) is 3.09. The highest BCUT2D eigenvalue weighted by Gasteiger charge is 2.19. The van der Waals surface area contributed by atoms with Crippen molar-refractivity contribution in [2.24, 2.45) is 5.92 Å². The lowest BCUT2D eigenvalue weighted by atomic mass is 10.1. The minimum atomic E-state index is -3.41. The number of hydrogen-bond donors (Lipinski definition) is 2. The van der Waals surface area contributed by atoms with Crippen molar-refractivity contribution in [2.45, 2.75) is 11.3 Å². The van der Waals surface area contributed by atoms with E-state index in [1.165, 1.54) is 0 Å². The third kappa shape index (κ3) is 3.22. The molecular formula is C12H18N2O3S. The van der Waals surface area contributed by atoms with Gasteiger partial charge in [-0.05, 0) is 49.7 Å². The molecule has 1 aromatic carbocycles. The highest BCUT2D eigenvalue weighted by Crippen LogP contribution is 2.16. The summed E-state index contributed by atoms with van der Waals surface area (Å²) >= 11 is 0. The van der Waals surface area contributed by atoms with Crippen LogP contribution in [-0.2, 0) is 10.0 Å². The SMILES string of the molecule is COc1ccc(S(=O)(=O)NCC2CCNC2)cc1. The van der Waals surface area contributed by atoms with Crippen molar-refractivity contribution in [3.05, 3.63) is 24.3 Å². The molecule has 1 atom stereocenters. The zero-order valence-corrected chi connectivity index (χ0v) is 11.2. The van der Waals surface area contributed by atoms with E-state index in [2.05, 4.69) is 10.0 Å². The molecule has 1 heterocycles. The Kier molecular flexibility index (Phi) is 4.21. The van der Waals surface area contributed by atoms with Gasteiger partial charge < -0.3 is 10.1 Å². The second-order valence-corrected chi connectivity index (χ2v) is 6.15. The van der Waals surface area contributed by atoms with E-state index >= 15 is 0 Å². The molecule has 0 saturated carbocycles. The van der Waals surface area contributed by atoms with Gasteiger partial charge in [0, 0.05) is 6.54 Å². The Balaban J connectivity index is 2.00. The Hall–Kier alpha value is -1.11. The molecule has 1 saturated heterocycles. The lowest BCUT2D eigenvalue weighted by molar-refractivity contribution is 0.414. The number of benzene rings is 1. The van der Waals surface area contributed by atoms with Crippen molar-refractivity contribution in [1.29, 1.82) is 0 Å². The summed E-state index contributed by atoms with van der Waals surface area (Å²) in [6, 6.07) is 6.39. The first-order chi connectivity index (χ1) is 8.62. The smallest absolute Gasteiger partial charge is 0.240 e. The molecule has 0 spiro atoms. The molecule has 0 aliphatic carbocycles. The zero-order valence-electron chi connectivity index (χ0n) is 10.3. The molecule has 1 aliphatic rings. The molecule has 18 heavy (non-hydrogen) atoms. The molecule has 0 radical (unpaired) electrons. The molecule has 1 fully saturated rings. The van der Waals surface area contributed by atoms with Crippen molar-refractivity contribution in [1.82, 2.24) is 10.0 Å². The van der Waals surface area contributed by atoms with Gasteiger partial charge >= 0.3 is 0 Å². The lowest BCUT2D eigenvalue weighted by Crippen LogP contribution is -2.30. The van der Waals surface area contributed by atoms with Crippen LogP contribution in [0, 0.1) is 5.92 Å². The standard InChI is InChI=1S/C12H18N2O3S/c1-17-11-2-4-12(5-3-11)18(15,16)14-9-10-6-7-13-8-10/h2-5,10,13-14H,6-9H2,1H3. The van der Waals surface area contributed by atoms with Crippen molar-refractivity contribution >= 4 is 10.0 Å². The van der Waals surface area contributed by atoms with Crippen LogP contribution in [0.5, 0.6) is 5.75 Å². The maximum absolute atomic E-state index is 12.0. The first-order valence-electron chi connectivity index (χ1n) is 5.96. The monoisotopic (exact) mass is 270 g/mol. The number of ether oxygens (including phenoxy) is 1. The maximum atomic E-state index is 12.0.